The molecule has 19 heavy (non-hydrogen) atoms. The zero-order valence-corrected chi connectivity index (χ0v) is 12.2. The van der Waals surface area contributed by atoms with E-state index in [1.54, 1.807) is 0 Å². The monoisotopic (exact) mass is 258 g/mol. The summed E-state index contributed by atoms with van der Waals surface area (Å²) in [5.74, 6) is 1.49. The van der Waals surface area contributed by atoms with E-state index in [4.69, 9.17) is 4.74 Å². The highest BCUT2D eigenvalue weighted by Crippen LogP contribution is 2.25. The van der Waals surface area contributed by atoms with Gasteiger partial charge < -0.3 is 9.30 Å². The molecule has 0 saturated heterocycles. The molecule has 0 bridgehead atoms. The van der Waals surface area contributed by atoms with Gasteiger partial charge in [0.25, 0.3) is 0 Å². The predicted molar refractivity (Wildman–Crippen MR) is 77.5 cm³/mol. The minimum Gasteiger partial charge on any atom is -0.487 e. The molecule has 0 atom stereocenters. The molecule has 1 aromatic heterocycles. The van der Waals surface area contributed by atoms with Gasteiger partial charge in [-0.25, -0.2) is 4.98 Å². The number of aryl methyl sites for hydroxylation is 2. The molecule has 2 aromatic rings. The van der Waals surface area contributed by atoms with Crippen LogP contribution in [-0.2, 0) is 13.2 Å². The highest BCUT2D eigenvalue weighted by atomic mass is 16.5. The Morgan fingerprint density at radius 2 is 2.11 bits per heavy atom. The molecule has 0 aliphatic rings. The molecule has 1 heterocycles. The lowest BCUT2D eigenvalue weighted by molar-refractivity contribution is 0.293. The third-order valence-electron chi connectivity index (χ3n) is 3.39. The fourth-order valence-electron chi connectivity index (χ4n) is 2.04. The number of ether oxygens (including phenoxy) is 1. The molecule has 0 N–H and O–H groups in total. The third-order valence-corrected chi connectivity index (χ3v) is 3.39. The van der Waals surface area contributed by atoms with Crippen LogP contribution in [-0.4, -0.2) is 9.55 Å². The molecule has 0 spiro atoms. The van der Waals surface area contributed by atoms with Crippen LogP contribution in [0.3, 0.4) is 0 Å². The predicted octanol–water partition coefficient (Wildman–Crippen LogP) is 3.91. The molecule has 3 nitrogen and oxygen atoms in total. The Morgan fingerprint density at radius 3 is 2.79 bits per heavy atom. The van der Waals surface area contributed by atoms with E-state index in [9.17, 15) is 0 Å². The average molecular weight is 258 g/mol. The van der Waals surface area contributed by atoms with Gasteiger partial charge in [0.05, 0.1) is 18.2 Å². The average Bonchev–Trinajstić information content (AvgIpc) is 2.85. The zero-order valence-electron chi connectivity index (χ0n) is 12.2. The summed E-state index contributed by atoms with van der Waals surface area (Å²) in [5, 5.41) is 0. The van der Waals surface area contributed by atoms with Gasteiger partial charge in [-0.15, -0.1) is 0 Å². The van der Waals surface area contributed by atoms with Gasteiger partial charge in [-0.3, -0.25) is 0 Å². The Hall–Kier alpha value is -1.77. The second-order valence-corrected chi connectivity index (χ2v) is 5.14. The minimum absolute atomic E-state index is 0.518. The van der Waals surface area contributed by atoms with Gasteiger partial charge >= 0.3 is 0 Å². The number of imidazole rings is 1. The second kappa shape index (κ2) is 5.91. The fourth-order valence-corrected chi connectivity index (χ4v) is 2.04. The lowest BCUT2D eigenvalue weighted by Crippen LogP contribution is -2.04. The summed E-state index contributed by atoms with van der Waals surface area (Å²) in [6, 6.07) is 6.44. The van der Waals surface area contributed by atoms with Crippen LogP contribution >= 0.6 is 0 Å². The molecule has 0 radical (unpaired) electrons. The largest absolute Gasteiger partial charge is 0.487 e. The number of aromatic nitrogens is 2. The lowest BCUT2D eigenvalue weighted by atomic mass is 10.0. The lowest BCUT2D eigenvalue weighted by Gasteiger charge is -2.13. The SMILES string of the molecule is CCn1cncc1COc1cc(C(C)C)ccc1C. The summed E-state index contributed by atoms with van der Waals surface area (Å²) in [6.45, 7) is 10.1. The van der Waals surface area contributed by atoms with Gasteiger partial charge in [0.15, 0.2) is 0 Å². The van der Waals surface area contributed by atoms with Crippen molar-refractivity contribution >= 4 is 0 Å². The third kappa shape index (κ3) is 3.16. The van der Waals surface area contributed by atoms with Crippen LogP contribution in [0.25, 0.3) is 0 Å². The van der Waals surface area contributed by atoms with Crippen LogP contribution in [0.4, 0.5) is 0 Å². The molecular formula is C16H22N2O. The minimum atomic E-state index is 0.518. The highest BCUT2D eigenvalue weighted by Gasteiger charge is 2.06. The fraction of sp³-hybridized carbons (Fsp3) is 0.438. The van der Waals surface area contributed by atoms with Gasteiger partial charge in [0.1, 0.15) is 12.4 Å². The van der Waals surface area contributed by atoms with Crippen molar-refractivity contribution in [3.63, 3.8) is 0 Å². The number of hydrogen-bond acceptors (Lipinski definition) is 2. The normalized spacial score (nSPS) is 11.0. The molecule has 0 unspecified atom stereocenters. The van der Waals surface area contributed by atoms with Crippen molar-refractivity contribution in [1.29, 1.82) is 0 Å². The first-order valence-electron chi connectivity index (χ1n) is 6.84. The molecule has 0 fully saturated rings. The molecule has 0 aliphatic heterocycles. The summed E-state index contributed by atoms with van der Waals surface area (Å²) < 4.78 is 8.05. The Labute approximate surface area is 115 Å². The van der Waals surface area contributed by atoms with Crippen LogP contribution in [0.1, 0.15) is 43.5 Å². The maximum Gasteiger partial charge on any atom is 0.130 e. The van der Waals surface area contributed by atoms with E-state index >= 15 is 0 Å². The number of rotatable bonds is 5. The first-order valence-corrected chi connectivity index (χ1v) is 6.84. The molecular weight excluding hydrogens is 236 g/mol. The van der Waals surface area contributed by atoms with Gasteiger partial charge in [-0.2, -0.15) is 0 Å². The molecule has 2 rings (SSSR count). The van der Waals surface area contributed by atoms with Crippen LogP contribution in [0.2, 0.25) is 0 Å². The number of nitrogens with zero attached hydrogens (tertiary/aromatic N) is 2. The molecule has 0 aliphatic carbocycles. The molecule has 102 valence electrons. The van der Waals surface area contributed by atoms with Gasteiger partial charge in [0, 0.05) is 6.54 Å². The first-order chi connectivity index (χ1) is 9.11. The van der Waals surface area contributed by atoms with E-state index in [-0.39, 0.29) is 0 Å². The van der Waals surface area contributed by atoms with Crippen LogP contribution in [0.5, 0.6) is 5.75 Å². The van der Waals surface area contributed by atoms with Crippen molar-refractivity contribution in [2.24, 2.45) is 0 Å². The molecule has 1 aromatic carbocycles. The zero-order chi connectivity index (χ0) is 13.8. The summed E-state index contributed by atoms with van der Waals surface area (Å²) in [6.07, 6.45) is 3.71. The summed E-state index contributed by atoms with van der Waals surface area (Å²) >= 11 is 0. The Bertz CT molecular complexity index is 543. The van der Waals surface area contributed by atoms with Gasteiger partial charge in [-0.05, 0) is 37.0 Å². The summed E-state index contributed by atoms with van der Waals surface area (Å²) in [4.78, 5) is 4.16. The highest BCUT2D eigenvalue weighted by molar-refractivity contribution is 5.37. The standard InChI is InChI=1S/C16H22N2O/c1-5-18-11-17-9-15(18)10-19-16-8-14(12(2)3)7-6-13(16)4/h6-9,11-12H,5,10H2,1-4H3. The van der Waals surface area contributed by atoms with Crippen LogP contribution in [0.15, 0.2) is 30.7 Å². The van der Waals surface area contributed by atoms with Crippen molar-refractivity contribution < 1.29 is 4.74 Å². The maximum absolute atomic E-state index is 5.95. The van der Waals surface area contributed by atoms with Gasteiger partial charge in [-0.1, -0.05) is 26.0 Å². The van der Waals surface area contributed by atoms with Crippen molar-refractivity contribution in [2.45, 2.75) is 46.8 Å². The van der Waals surface area contributed by atoms with Crippen molar-refractivity contribution in [2.75, 3.05) is 0 Å². The van der Waals surface area contributed by atoms with Gasteiger partial charge in [0.2, 0.25) is 0 Å². The summed E-state index contributed by atoms with van der Waals surface area (Å²) in [5.41, 5.74) is 3.59. The van der Waals surface area contributed by atoms with Crippen LogP contribution in [0, 0.1) is 6.92 Å². The topological polar surface area (TPSA) is 27.1 Å². The van der Waals surface area contributed by atoms with Crippen molar-refractivity contribution in [3.8, 4) is 5.75 Å². The number of hydrogen-bond donors (Lipinski definition) is 0. The van der Waals surface area contributed by atoms with E-state index in [0.29, 0.717) is 12.5 Å². The van der Waals surface area contributed by atoms with E-state index in [2.05, 4.69) is 55.4 Å². The Morgan fingerprint density at radius 1 is 1.32 bits per heavy atom. The molecule has 0 saturated carbocycles. The number of benzene rings is 1. The quantitative estimate of drug-likeness (QED) is 0.813. The summed E-state index contributed by atoms with van der Waals surface area (Å²) in [7, 11) is 0. The van der Waals surface area contributed by atoms with E-state index in [0.717, 1.165) is 18.0 Å². The first kappa shape index (κ1) is 13.7. The van der Waals surface area contributed by atoms with Crippen LogP contribution < -0.4 is 4.74 Å². The van der Waals surface area contributed by atoms with Crippen molar-refractivity contribution in [1.82, 2.24) is 9.55 Å². The molecule has 0 amide bonds. The van der Waals surface area contributed by atoms with E-state index in [1.165, 1.54) is 11.1 Å². The smallest absolute Gasteiger partial charge is 0.130 e. The second-order valence-electron chi connectivity index (χ2n) is 5.14. The Balaban J connectivity index is 2.13. The van der Waals surface area contributed by atoms with E-state index < -0.39 is 0 Å². The molecule has 3 heteroatoms. The maximum atomic E-state index is 5.95. The van der Waals surface area contributed by atoms with E-state index in [1.807, 2.05) is 12.5 Å². The van der Waals surface area contributed by atoms with Crippen molar-refractivity contribution in [3.05, 3.63) is 47.5 Å². The Kier molecular flexibility index (Phi) is 4.25.